The first-order valence-corrected chi connectivity index (χ1v) is 7.33. The monoisotopic (exact) mass is 300 g/mol. The van der Waals surface area contributed by atoms with Crippen LogP contribution in [0.1, 0.15) is 5.69 Å². The van der Waals surface area contributed by atoms with E-state index in [1.165, 1.54) is 6.07 Å². The summed E-state index contributed by atoms with van der Waals surface area (Å²) in [4.78, 5) is 19.0. The van der Waals surface area contributed by atoms with Crippen LogP contribution in [0.2, 0.25) is 0 Å². The second-order valence-corrected chi connectivity index (χ2v) is 5.16. The Kier molecular flexibility index (Phi) is 3.74. The van der Waals surface area contributed by atoms with E-state index >= 15 is 0 Å². The first-order valence-electron chi connectivity index (χ1n) is 6.39. The van der Waals surface area contributed by atoms with Crippen LogP contribution in [0, 0.1) is 10.1 Å². The molecule has 6 nitrogen and oxygen atoms in total. The van der Waals surface area contributed by atoms with Crippen LogP contribution in [0.15, 0.2) is 41.4 Å². The average molecular weight is 300 g/mol. The summed E-state index contributed by atoms with van der Waals surface area (Å²) in [5.41, 5.74) is 4.12. The summed E-state index contributed by atoms with van der Waals surface area (Å²) in [6.45, 7) is 0.714. The molecule has 0 saturated heterocycles. The predicted molar refractivity (Wildman–Crippen MR) is 82.7 cm³/mol. The van der Waals surface area contributed by atoms with Gasteiger partial charge in [0.1, 0.15) is 5.52 Å². The topological polar surface area (TPSA) is 81.0 Å². The molecule has 0 fully saturated rings. The van der Waals surface area contributed by atoms with E-state index < -0.39 is 4.92 Å². The van der Waals surface area contributed by atoms with Gasteiger partial charge in [0.15, 0.2) is 0 Å². The van der Waals surface area contributed by atoms with Crippen molar-refractivity contribution in [1.82, 2.24) is 9.97 Å². The zero-order valence-electron chi connectivity index (χ0n) is 11.0. The van der Waals surface area contributed by atoms with Gasteiger partial charge < -0.3 is 5.32 Å². The van der Waals surface area contributed by atoms with Crippen molar-refractivity contribution in [3.8, 4) is 0 Å². The van der Waals surface area contributed by atoms with E-state index in [1.54, 1.807) is 29.1 Å². The summed E-state index contributed by atoms with van der Waals surface area (Å²) in [6.07, 6.45) is 2.39. The van der Waals surface area contributed by atoms with Gasteiger partial charge in [-0.3, -0.25) is 10.1 Å². The standard InChI is InChI=1S/C14H12N4O2S/c19-18(20)13-3-1-2-11-12(5-7-16-14(11)13)15-6-4-10-8-21-9-17-10/h1-3,5,7-9H,4,6H2,(H,15,16). The fourth-order valence-electron chi connectivity index (χ4n) is 2.15. The molecule has 0 spiro atoms. The number of aromatic nitrogens is 2. The summed E-state index contributed by atoms with van der Waals surface area (Å²) in [7, 11) is 0. The highest BCUT2D eigenvalue weighted by atomic mass is 32.1. The molecule has 0 unspecified atom stereocenters. The predicted octanol–water partition coefficient (Wildman–Crippen LogP) is 3.25. The van der Waals surface area contributed by atoms with Gasteiger partial charge in [-0.05, 0) is 6.07 Å². The molecule has 0 atom stereocenters. The molecule has 2 heterocycles. The number of thiazole rings is 1. The summed E-state index contributed by atoms with van der Waals surface area (Å²) in [5.74, 6) is 0. The van der Waals surface area contributed by atoms with Gasteiger partial charge in [0.25, 0.3) is 5.69 Å². The minimum Gasteiger partial charge on any atom is -0.384 e. The molecule has 21 heavy (non-hydrogen) atoms. The van der Waals surface area contributed by atoms with Crippen LogP contribution in [0.3, 0.4) is 0 Å². The molecule has 0 radical (unpaired) electrons. The first kappa shape index (κ1) is 13.4. The zero-order chi connectivity index (χ0) is 14.7. The molecular weight excluding hydrogens is 288 g/mol. The van der Waals surface area contributed by atoms with Gasteiger partial charge in [-0.25, -0.2) is 9.97 Å². The lowest BCUT2D eigenvalue weighted by molar-refractivity contribution is -0.383. The van der Waals surface area contributed by atoms with Gasteiger partial charge in [0.05, 0.1) is 16.1 Å². The largest absolute Gasteiger partial charge is 0.384 e. The summed E-state index contributed by atoms with van der Waals surface area (Å²) < 4.78 is 0. The molecule has 0 bridgehead atoms. The van der Waals surface area contributed by atoms with Crippen LogP contribution >= 0.6 is 11.3 Å². The number of rotatable bonds is 5. The Hall–Kier alpha value is -2.54. The van der Waals surface area contributed by atoms with Crippen molar-refractivity contribution in [1.29, 1.82) is 0 Å². The maximum absolute atomic E-state index is 11.0. The fraction of sp³-hybridized carbons (Fsp3) is 0.143. The zero-order valence-corrected chi connectivity index (χ0v) is 11.8. The molecule has 0 aliphatic carbocycles. The molecule has 7 heteroatoms. The van der Waals surface area contributed by atoms with E-state index in [-0.39, 0.29) is 5.69 Å². The number of para-hydroxylation sites is 1. The number of benzene rings is 1. The molecule has 0 amide bonds. The van der Waals surface area contributed by atoms with Gasteiger partial charge in [-0.15, -0.1) is 11.3 Å². The molecule has 106 valence electrons. The summed E-state index contributed by atoms with van der Waals surface area (Å²) in [5, 5.41) is 17.1. The Morgan fingerprint density at radius 1 is 1.29 bits per heavy atom. The van der Waals surface area contributed by atoms with Crippen molar-refractivity contribution in [3.05, 3.63) is 57.2 Å². The molecular formula is C14H12N4O2S. The molecule has 3 aromatic rings. The van der Waals surface area contributed by atoms with Crippen molar-refractivity contribution in [2.45, 2.75) is 6.42 Å². The van der Waals surface area contributed by atoms with Crippen LogP contribution < -0.4 is 5.32 Å². The van der Waals surface area contributed by atoms with Crippen molar-refractivity contribution in [2.24, 2.45) is 0 Å². The number of nitrogens with zero attached hydrogens (tertiary/aromatic N) is 3. The Morgan fingerprint density at radius 2 is 2.19 bits per heavy atom. The third-order valence-corrected chi connectivity index (χ3v) is 3.76. The smallest absolute Gasteiger partial charge is 0.295 e. The SMILES string of the molecule is O=[N+]([O-])c1cccc2c(NCCc3cscn3)ccnc12. The lowest BCUT2D eigenvalue weighted by atomic mass is 10.1. The van der Waals surface area contributed by atoms with Gasteiger partial charge in [-0.2, -0.15) is 0 Å². The van der Waals surface area contributed by atoms with Crippen LogP contribution in [0.25, 0.3) is 10.9 Å². The second-order valence-electron chi connectivity index (χ2n) is 4.45. The van der Waals surface area contributed by atoms with E-state index in [9.17, 15) is 10.1 Å². The Labute approximate surface area is 124 Å². The number of nitro groups is 1. The Balaban J connectivity index is 1.85. The Morgan fingerprint density at radius 3 is 2.95 bits per heavy atom. The highest BCUT2D eigenvalue weighted by molar-refractivity contribution is 7.07. The summed E-state index contributed by atoms with van der Waals surface area (Å²) in [6, 6.07) is 6.80. The molecule has 0 saturated carbocycles. The van der Waals surface area contributed by atoms with E-state index in [1.807, 2.05) is 17.5 Å². The molecule has 2 aromatic heterocycles. The van der Waals surface area contributed by atoms with E-state index in [0.29, 0.717) is 12.1 Å². The highest BCUT2D eigenvalue weighted by Gasteiger charge is 2.14. The number of anilines is 1. The minimum absolute atomic E-state index is 0.0238. The molecule has 0 aliphatic heterocycles. The van der Waals surface area contributed by atoms with E-state index in [2.05, 4.69) is 15.3 Å². The second kappa shape index (κ2) is 5.84. The maximum Gasteiger partial charge on any atom is 0.295 e. The van der Waals surface area contributed by atoms with Crippen molar-refractivity contribution < 1.29 is 4.92 Å². The van der Waals surface area contributed by atoms with Gasteiger partial charge in [0, 0.05) is 41.7 Å². The lowest BCUT2D eigenvalue weighted by Crippen LogP contribution is -2.06. The number of hydrogen-bond acceptors (Lipinski definition) is 6. The molecule has 3 rings (SSSR count). The van der Waals surface area contributed by atoms with E-state index in [0.717, 1.165) is 23.2 Å². The fourth-order valence-corrected chi connectivity index (χ4v) is 2.74. The third-order valence-electron chi connectivity index (χ3n) is 3.13. The number of nitro benzene ring substituents is 1. The number of hydrogen-bond donors (Lipinski definition) is 1. The van der Waals surface area contributed by atoms with Crippen LogP contribution in [-0.2, 0) is 6.42 Å². The normalized spacial score (nSPS) is 10.7. The lowest BCUT2D eigenvalue weighted by Gasteiger charge is -2.08. The maximum atomic E-state index is 11.0. The van der Waals surface area contributed by atoms with Crippen molar-refractivity contribution >= 4 is 33.6 Å². The van der Waals surface area contributed by atoms with E-state index in [4.69, 9.17) is 0 Å². The van der Waals surface area contributed by atoms with Gasteiger partial charge >= 0.3 is 0 Å². The molecule has 0 aliphatic rings. The number of non-ortho nitro benzene ring substituents is 1. The van der Waals surface area contributed by atoms with Crippen LogP contribution in [0.4, 0.5) is 11.4 Å². The van der Waals surface area contributed by atoms with Crippen LogP contribution in [-0.4, -0.2) is 21.4 Å². The third kappa shape index (κ3) is 2.82. The number of pyridine rings is 1. The average Bonchev–Trinajstić information content (AvgIpc) is 3.00. The summed E-state index contributed by atoms with van der Waals surface area (Å²) >= 11 is 1.57. The number of fused-ring (bicyclic) bond motifs is 1. The number of nitrogens with one attached hydrogen (secondary N) is 1. The van der Waals surface area contributed by atoms with Crippen molar-refractivity contribution in [3.63, 3.8) is 0 Å². The van der Waals surface area contributed by atoms with Crippen molar-refractivity contribution in [2.75, 3.05) is 11.9 Å². The Bertz CT molecular complexity index is 774. The quantitative estimate of drug-likeness (QED) is 0.578. The molecule has 1 aromatic carbocycles. The molecule has 1 N–H and O–H groups in total. The van der Waals surface area contributed by atoms with Crippen LogP contribution in [0.5, 0.6) is 0 Å². The first-order chi connectivity index (χ1) is 10.3. The minimum atomic E-state index is -0.408. The van der Waals surface area contributed by atoms with Gasteiger partial charge in [0.2, 0.25) is 0 Å². The van der Waals surface area contributed by atoms with Gasteiger partial charge in [-0.1, -0.05) is 12.1 Å². The highest BCUT2D eigenvalue weighted by Crippen LogP contribution is 2.28.